The summed E-state index contributed by atoms with van der Waals surface area (Å²) in [6, 6.07) is 19.6. The van der Waals surface area contributed by atoms with Gasteiger partial charge in [0.15, 0.2) is 0 Å². The van der Waals surface area contributed by atoms with Crippen LogP contribution >= 0.6 is 0 Å². The number of rotatable bonds is 10. The molecule has 1 heterocycles. The zero-order valence-electron chi connectivity index (χ0n) is 17.4. The van der Waals surface area contributed by atoms with Crippen LogP contribution in [0.25, 0.3) is 0 Å². The summed E-state index contributed by atoms with van der Waals surface area (Å²) in [4.78, 5) is 26.6. The summed E-state index contributed by atoms with van der Waals surface area (Å²) in [5, 5.41) is 6.37. The molecule has 2 aromatic carbocycles. The third kappa shape index (κ3) is 7.10. The maximum Gasteiger partial charge on any atom is 0.225 e. The number of likely N-dealkylation sites (tertiary alicyclic amines) is 1. The third-order valence-electron chi connectivity index (χ3n) is 5.30. The second-order valence-electron chi connectivity index (χ2n) is 7.50. The van der Waals surface area contributed by atoms with Crippen LogP contribution in [0.3, 0.4) is 0 Å². The molecule has 2 aromatic rings. The molecular formula is C24H31N3O3. The van der Waals surface area contributed by atoms with Gasteiger partial charge in [0.25, 0.3) is 0 Å². The van der Waals surface area contributed by atoms with Crippen molar-refractivity contribution < 1.29 is 14.3 Å². The number of nitrogens with one attached hydrogen (secondary N) is 2. The first kappa shape index (κ1) is 21.7. The van der Waals surface area contributed by atoms with Crippen LogP contribution in [0.1, 0.15) is 25.7 Å². The van der Waals surface area contributed by atoms with Crippen molar-refractivity contribution in [3.8, 4) is 5.75 Å². The predicted molar refractivity (Wildman–Crippen MR) is 118 cm³/mol. The van der Waals surface area contributed by atoms with E-state index < -0.39 is 0 Å². The Kier molecular flexibility index (Phi) is 8.57. The van der Waals surface area contributed by atoms with Crippen molar-refractivity contribution in [2.75, 3.05) is 38.1 Å². The van der Waals surface area contributed by atoms with Crippen LogP contribution in [-0.4, -0.2) is 49.5 Å². The Hall–Kier alpha value is -3.02. The lowest BCUT2D eigenvalue weighted by molar-refractivity contribution is -0.136. The number of piperidine rings is 1. The topological polar surface area (TPSA) is 70.7 Å². The van der Waals surface area contributed by atoms with Gasteiger partial charge in [-0.3, -0.25) is 9.59 Å². The SMILES string of the molecule is O=C(NCCCNc1ccccc1)C1CCN(C(=O)CCOc2ccccc2)CC1. The van der Waals surface area contributed by atoms with Gasteiger partial charge in [-0.25, -0.2) is 0 Å². The average molecular weight is 410 g/mol. The zero-order valence-corrected chi connectivity index (χ0v) is 17.4. The van der Waals surface area contributed by atoms with Crippen molar-refractivity contribution in [1.82, 2.24) is 10.2 Å². The summed E-state index contributed by atoms with van der Waals surface area (Å²) in [7, 11) is 0. The maximum atomic E-state index is 12.4. The molecular weight excluding hydrogens is 378 g/mol. The van der Waals surface area contributed by atoms with Gasteiger partial charge in [-0.15, -0.1) is 0 Å². The summed E-state index contributed by atoms with van der Waals surface area (Å²) in [6.45, 7) is 3.13. The summed E-state index contributed by atoms with van der Waals surface area (Å²) in [5.74, 6) is 0.974. The zero-order chi connectivity index (χ0) is 21.0. The van der Waals surface area contributed by atoms with Gasteiger partial charge in [-0.1, -0.05) is 36.4 Å². The minimum atomic E-state index is -0.00305. The van der Waals surface area contributed by atoms with Crippen LogP contribution < -0.4 is 15.4 Å². The van der Waals surface area contributed by atoms with E-state index in [4.69, 9.17) is 4.74 Å². The molecule has 1 fully saturated rings. The number of ether oxygens (including phenoxy) is 1. The summed E-state index contributed by atoms with van der Waals surface area (Å²) < 4.78 is 5.60. The van der Waals surface area contributed by atoms with Crippen molar-refractivity contribution in [2.24, 2.45) is 5.92 Å². The first-order chi connectivity index (χ1) is 14.7. The third-order valence-corrected chi connectivity index (χ3v) is 5.30. The van der Waals surface area contributed by atoms with Crippen molar-refractivity contribution in [3.05, 3.63) is 60.7 Å². The van der Waals surface area contributed by atoms with Gasteiger partial charge in [0.1, 0.15) is 5.75 Å². The van der Waals surface area contributed by atoms with Crippen LogP contribution in [-0.2, 0) is 9.59 Å². The Labute approximate surface area is 178 Å². The molecule has 160 valence electrons. The van der Waals surface area contributed by atoms with Crippen molar-refractivity contribution in [2.45, 2.75) is 25.7 Å². The highest BCUT2D eigenvalue weighted by Gasteiger charge is 2.26. The second kappa shape index (κ2) is 11.9. The number of anilines is 1. The quantitative estimate of drug-likeness (QED) is 0.591. The van der Waals surface area contributed by atoms with E-state index in [1.165, 1.54) is 0 Å². The molecule has 0 bridgehead atoms. The van der Waals surface area contributed by atoms with Gasteiger partial charge in [-0.05, 0) is 43.5 Å². The van der Waals surface area contributed by atoms with E-state index in [1.54, 1.807) is 0 Å². The van der Waals surface area contributed by atoms with E-state index in [1.807, 2.05) is 65.6 Å². The molecule has 2 amide bonds. The first-order valence-electron chi connectivity index (χ1n) is 10.7. The van der Waals surface area contributed by atoms with E-state index in [9.17, 15) is 9.59 Å². The number of hydrogen-bond acceptors (Lipinski definition) is 4. The van der Waals surface area contributed by atoms with E-state index in [2.05, 4.69) is 10.6 Å². The van der Waals surface area contributed by atoms with E-state index in [0.29, 0.717) is 32.7 Å². The summed E-state index contributed by atoms with van der Waals surface area (Å²) >= 11 is 0. The van der Waals surface area contributed by atoms with E-state index >= 15 is 0 Å². The highest BCUT2D eigenvalue weighted by molar-refractivity contribution is 5.80. The van der Waals surface area contributed by atoms with Gasteiger partial charge >= 0.3 is 0 Å². The first-order valence-corrected chi connectivity index (χ1v) is 10.7. The molecule has 0 saturated carbocycles. The molecule has 0 aromatic heterocycles. The highest BCUT2D eigenvalue weighted by Crippen LogP contribution is 2.18. The number of benzene rings is 2. The standard InChI is InChI=1S/C24H31N3O3/c28-23(14-19-30-22-10-5-2-6-11-22)27-17-12-20(13-18-27)24(29)26-16-7-15-25-21-8-3-1-4-9-21/h1-6,8-11,20,25H,7,12-19H2,(H,26,29). The number of carbonyl (C=O) groups is 2. The highest BCUT2D eigenvalue weighted by atomic mass is 16.5. The normalized spacial score (nSPS) is 14.2. The summed E-state index contributed by atoms with van der Waals surface area (Å²) in [6.07, 6.45) is 2.68. The second-order valence-corrected chi connectivity index (χ2v) is 7.50. The molecule has 0 aliphatic carbocycles. The van der Waals surface area contributed by atoms with Crippen LogP contribution in [0.15, 0.2) is 60.7 Å². The smallest absolute Gasteiger partial charge is 0.225 e. The molecule has 0 unspecified atom stereocenters. The van der Waals surface area contributed by atoms with Crippen LogP contribution in [0.2, 0.25) is 0 Å². The van der Waals surface area contributed by atoms with E-state index in [-0.39, 0.29) is 17.7 Å². The molecule has 3 rings (SSSR count). The minimum absolute atomic E-state index is 0.00305. The molecule has 1 saturated heterocycles. The van der Waals surface area contributed by atoms with Crippen LogP contribution in [0, 0.1) is 5.92 Å². The van der Waals surface area contributed by atoms with E-state index in [0.717, 1.165) is 37.2 Å². The molecule has 6 nitrogen and oxygen atoms in total. The number of hydrogen-bond donors (Lipinski definition) is 2. The molecule has 0 spiro atoms. The van der Waals surface area contributed by atoms with Gasteiger partial charge in [0.05, 0.1) is 13.0 Å². The molecule has 0 atom stereocenters. The Morgan fingerprint density at radius 2 is 1.60 bits per heavy atom. The monoisotopic (exact) mass is 409 g/mol. The number of nitrogens with zero attached hydrogens (tertiary/aromatic N) is 1. The van der Waals surface area contributed by atoms with Crippen LogP contribution in [0.4, 0.5) is 5.69 Å². The fraction of sp³-hybridized carbons (Fsp3) is 0.417. The molecule has 6 heteroatoms. The Morgan fingerprint density at radius 3 is 2.30 bits per heavy atom. The Bertz CT molecular complexity index is 775. The average Bonchev–Trinajstić information content (AvgIpc) is 2.80. The van der Waals surface area contributed by atoms with Gasteiger partial charge in [0.2, 0.25) is 11.8 Å². The van der Waals surface area contributed by atoms with Gasteiger partial charge in [-0.2, -0.15) is 0 Å². The Morgan fingerprint density at radius 1 is 0.933 bits per heavy atom. The lowest BCUT2D eigenvalue weighted by atomic mass is 9.95. The van der Waals surface area contributed by atoms with Gasteiger partial charge < -0.3 is 20.3 Å². The largest absolute Gasteiger partial charge is 0.493 e. The fourth-order valence-electron chi connectivity index (χ4n) is 3.56. The lowest BCUT2D eigenvalue weighted by Gasteiger charge is -2.31. The maximum absolute atomic E-state index is 12.4. The van der Waals surface area contributed by atoms with Crippen molar-refractivity contribution in [1.29, 1.82) is 0 Å². The number of carbonyl (C=O) groups excluding carboxylic acids is 2. The number of amides is 2. The molecule has 1 aliphatic heterocycles. The number of para-hydroxylation sites is 2. The predicted octanol–water partition coefficient (Wildman–Crippen LogP) is 3.31. The minimum Gasteiger partial charge on any atom is -0.493 e. The molecule has 0 radical (unpaired) electrons. The molecule has 30 heavy (non-hydrogen) atoms. The van der Waals surface area contributed by atoms with Gasteiger partial charge in [0, 0.05) is 37.8 Å². The lowest BCUT2D eigenvalue weighted by Crippen LogP contribution is -2.43. The Balaban J connectivity index is 1.26. The van der Waals surface area contributed by atoms with Crippen molar-refractivity contribution >= 4 is 17.5 Å². The fourth-order valence-corrected chi connectivity index (χ4v) is 3.56. The van der Waals surface area contributed by atoms with Crippen molar-refractivity contribution in [3.63, 3.8) is 0 Å². The molecule has 2 N–H and O–H groups in total. The van der Waals surface area contributed by atoms with Crippen LogP contribution in [0.5, 0.6) is 5.75 Å². The molecule has 1 aliphatic rings. The summed E-state index contributed by atoms with van der Waals surface area (Å²) in [5.41, 5.74) is 1.09.